The Morgan fingerprint density at radius 3 is 3.08 bits per heavy atom. The van der Waals surface area contributed by atoms with Gasteiger partial charge in [0.1, 0.15) is 5.82 Å². The quantitative estimate of drug-likeness (QED) is 0.661. The molecule has 0 fully saturated rings. The Hall–Kier alpha value is -1.42. The molecule has 0 amide bonds. The highest BCUT2D eigenvalue weighted by Gasteiger charge is 2.04. The lowest BCUT2D eigenvalue weighted by Crippen LogP contribution is -2.04. The van der Waals surface area contributed by atoms with Crippen molar-refractivity contribution >= 4 is 11.0 Å². The minimum atomic E-state index is 0.463. The number of imidazole rings is 1. The van der Waals surface area contributed by atoms with Crippen LogP contribution in [0.2, 0.25) is 0 Å². The summed E-state index contributed by atoms with van der Waals surface area (Å²) in [5.74, 6) is 0.887. The lowest BCUT2D eigenvalue weighted by molar-refractivity contribution is 0.812. The Kier molecular flexibility index (Phi) is 1.55. The maximum absolute atomic E-state index is 5.51. The van der Waals surface area contributed by atoms with Crippen LogP contribution in [0.25, 0.3) is 11.0 Å². The largest absolute Gasteiger partial charge is 0.329 e. The predicted molar refractivity (Wildman–Crippen MR) is 46.4 cm³/mol. The second-order valence-corrected chi connectivity index (χ2v) is 2.66. The van der Waals surface area contributed by atoms with E-state index in [0.717, 1.165) is 16.9 Å². The van der Waals surface area contributed by atoms with Crippen LogP contribution in [0, 0.1) is 0 Å². The molecule has 2 heterocycles. The van der Waals surface area contributed by atoms with E-state index in [1.165, 1.54) is 0 Å². The maximum atomic E-state index is 5.51. The van der Waals surface area contributed by atoms with Gasteiger partial charge in [-0.15, -0.1) is 0 Å². The standard InChI is InChI=1S/C8H10N4/c1-12-7-5-10-3-2-6(7)11-8(12)4-9/h2-3,5H,4,9H2,1H3. The van der Waals surface area contributed by atoms with E-state index in [-0.39, 0.29) is 0 Å². The fourth-order valence-corrected chi connectivity index (χ4v) is 1.27. The van der Waals surface area contributed by atoms with Gasteiger partial charge >= 0.3 is 0 Å². The van der Waals surface area contributed by atoms with Crippen molar-refractivity contribution in [3.63, 3.8) is 0 Å². The van der Waals surface area contributed by atoms with E-state index in [1.807, 2.05) is 17.7 Å². The second-order valence-electron chi connectivity index (χ2n) is 2.66. The number of pyridine rings is 1. The molecule has 62 valence electrons. The van der Waals surface area contributed by atoms with Crippen LogP contribution in [0.3, 0.4) is 0 Å². The molecular formula is C8H10N4. The SMILES string of the molecule is Cn1c(CN)nc2ccncc21. The summed E-state index contributed by atoms with van der Waals surface area (Å²) in [6.45, 7) is 0.463. The Morgan fingerprint density at radius 2 is 2.42 bits per heavy atom. The van der Waals surface area contributed by atoms with Crippen molar-refractivity contribution in [2.45, 2.75) is 6.54 Å². The zero-order valence-electron chi connectivity index (χ0n) is 6.86. The molecule has 2 N–H and O–H groups in total. The van der Waals surface area contributed by atoms with Crippen LogP contribution >= 0.6 is 0 Å². The molecule has 0 saturated heterocycles. The summed E-state index contributed by atoms with van der Waals surface area (Å²) >= 11 is 0. The van der Waals surface area contributed by atoms with Crippen molar-refractivity contribution in [2.24, 2.45) is 12.8 Å². The maximum Gasteiger partial charge on any atom is 0.123 e. The molecule has 2 rings (SSSR count). The molecule has 4 heteroatoms. The molecule has 2 aromatic rings. The zero-order chi connectivity index (χ0) is 8.55. The Morgan fingerprint density at radius 1 is 1.58 bits per heavy atom. The van der Waals surface area contributed by atoms with Crippen LogP contribution in [0.4, 0.5) is 0 Å². The molecule has 0 aromatic carbocycles. The van der Waals surface area contributed by atoms with E-state index in [0.29, 0.717) is 6.54 Å². The molecule has 12 heavy (non-hydrogen) atoms. The summed E-state index contributed by atoms with van der Waals surface area (Å²) in [4.78, 5) is 8.35. The number of nitrogens with zero attached hydrogens (tertiary/aromatic N) is 3. The average Bonchev–Trinajstić information content (AvgIpc) is 2.44. The third kappa shape index (κ3) is 0.887. The molecule has 0 aliphatic rings. The molecule has 0 radical (unpaired) electrons. The third-order valence-electron chi connectivity index (χ3n) is 1.96. The first-order valence-corrected chi connectivity index (χ1v) is 3.78. The lowest BCUT2D eigenvalue weighted by atomic mass is 10.4. The Bertz CT molecular complexity index is 404. The second kappa shape index (κ2) is 2.57. The summed E-state index contributed by atoms with van der Waals surface area (Å²) < 4.78 is 1.96. The average molecular weight is 162 g/mol. The molecule has 4 nitrogen and oxygen atoms in total. The van der Waals surface area contributed by atoms with Gasteiger partial charge in [-0.1, -0.05) is 0 Å². The van der Waals surface area contributed by atoms with Gasteiger partial charge in [-0.3, -0.25) is 4.98 Å². The molecule has 0 aliphatic carbocycles. The smallest absolute Gasteiger partial charge is 0.123 e. The molecule has 2 aromatic heterocycles. The fourth-order valence-electron chi connectivity index (χ4n) is 1.27. The van der Waals surface area contributed by atoms with Crippen LogP contribution in [0.1, 0.15) is 5.82 Å². The summed E-state index contributed by atoms with van der Waals surface area (Å²) in [6, 6.07) is 1.88. The van der Waals surface area contributed by atoms with E-state index in [4.69, 9.17) is 5.73 Å². The third-order valence-corrected chi connectivity index (χ3v) is 1.96. The summed E-state index contributed by atoms with van der Waals surface area (Å²) in [5, 5.41) is 0. The van der Waals surface area contributed by atoms with Crippen molar-refractivity contribution in [1.82, 2.24) is 14.5 Å². The van der Waals surface area contributed by atoms with E-state index in [1.54, 1.807) is 12.4 Å². The molecule has 0 spiro atoms. The first kappa shape index (κ1) is 7.24. The monoisotopic (exact) mass is 162 g/mol. The summed E-state index contributed by atoms with van der Waals surface area (Å²) in [7, 11) is 1.94. The van der Waals surface area contributed by atoms with Crippen LogP contribution < -0.4 is 5.73 Å². The lowest BCUT2D eigenvalue weighted by Gasteiger charge is -1.96. The van der Waals surface area contributed by atoms with E-state index in [2.05, 4.69) is 9.97 Å². The number of hydrogen-bond acceptors (Lipinski definition) is 3. The summed E-state index contributed by atoms with van der Waals surface area (Å²) in [5.41, 5.74) is 7.49. The van der Waals surface area contributed by atoms with Crippen molar-refractivity contribution in [3.8, 4) is 0 Å². The van der Waals surface area contributed by atoms with E-state index < -0.39 is 0 Å². The van der Waals surface area contributed by atoms with Gasteiger partial charge in [-0.25, -0.2) is 4.98 Å². The van der Waals surface area contributed by atoms with Gasteiger partial charge in [0.2, 0.25) is 0 Å². The highest BCUT2D eigenvalue weighted by Crippen LogP contribution is 2.11. The zero-order valence-corrected chi connectivity index (χ0v) is 6.86. The fraction of sp³-hybridized carbons (Fsp3) is 0.250. The Labute approximate surface area is 70.0 Å². The molecule has 0 saturated carbocycles. The molecule has 0 atom stereocenters. The van der Waals surface area contributed by atoms with Crippen molar-refractivity contribution in [1.29, 1.82) is 0 Å². The number of aromatic nitrogens is 3. The number of aryl methyl sites for hydroxylation is 1. The van der Waals surface area contributed by atoms with Gasteiger partial charge in [-0.2, -0.15) is 0 Å². The predicted octanol–water partition coefficient (Wildman–Crippen LogP) is 0.427. The van der Waals surface area contributed by atoms with E-state index in [9.17, 15) is 0 Å². The number of rotatable bonds is 1. The van der Waals surface area contributed by atoms with Gasteiger partial charge in [0.25, 0.3) is 0 Å². The van der Waals surface area contributed by atoms with Crippen LogP contribution in [-0.4, -0.2) is 14.5 Å². The highest BCUT2D eigenvalue weighted by atomic mass is 15.1. The van der Waals surface area contributed by atoms with Crippen LogP contribution in [0.5, 0.6) is 0 Å². The van der Waals surface area contributed by atoms with Gasteiger partial charge in [0, 0.05) is 13.2 Å². The van der Waals surface area contributed by atoms with Gasteiger partial charge in [0.15, 0.2) is 0 Å². The first-order valence-electron chi connectivity index (χ1n) is 3.78. The van der Waals surface area contributed by atoms with Crippen molar-refractivity contribution < 1.29 is 0 Å². The first-order chi connectivity index (χ1) is 5.83. The molecule has 0 bridgehead atoms. The normalized spacial score (nSPS) is 10.8. The molecule has 0 unspecified atom stereocenters. The van der Waals surface area contributed by atoms with Crippen molar-refractivity contribution in [3.05, 3.63) is 24.3 Å². The Balaban J connectivity index is 2.78. The number of hydrogen-bond donors (Lipinski definition) is 1. The van der Waals surface area contributed by atoms with Crippen molar-refractivity contribution in [2.75, 3.05) is 0 Å². The summed E-state index contributed by atoms with van der Waals surface area (Å²) in [6.07, 6.45) is 3.52. The molecule has 0 aliphatic heterocycles. The topological polar surface area (TPSA) is 56.7 Å². The number of fused-ring (bicyclic) bond motifs is 1. The van der Waals surface area contributed by atoms with Gasteiger partial charge in [0.05, 0.1) is 23.8 Å². The van der Waals surface area contributed by atoms with Gasteiger partial charge in [-0.05, 0) is 6.07 Å². The highest BCUT2D eigenvalue weighted by molar-refractivity contribution is 5.74. The van der Waals surface area contributed by atoms with Crippen LogP contribution in [0.15, 0.2) is 18.5 Å². The molecular weight excluding hydrogens is 152 g/mol. The van der Waals surface area contributed by atoms with Crippen LogP contribution in [-0.2, 0) is 13.6 Å². The van der Waals surface area contributed by atoms with Gasteiger partial charge < -0.3 is 10.3 Å². The van der Waals surface area contributed by atoms with E-state index >= 15 is 0 Å². The minimum absolute atomic E-state index is 0.463. The number of nitrogens with two attached hydrogens (primary N) is 1. The minimum Gasteiger partial charge on any atom is -0.329 e.